The zero-order chi connectivity index (χ0) is 33.9. The first-order chi connectivity index (χ1) is 25.8. The summed E-state index contributed by atoms with van der Waals surface area (Å²) in [5, 5.41) is 8.16. The number of para-hydroxylation sites is 2. The number of hydrogen-bond acceptors (Lipinski definition) is 7. The van der Waals surface area contributed by atoms with Crippen LogP contribution < -0.4 is 0 Å². The average molecular weight is 670 g/mol. The summed E-state index contributed by atoms with van der Waals surface area (Å²) < 4.78 is 17.9. The molecule has 0 spiro atoms. The fourth-order valence-corrected chi connectivity index (χ4v) is 8.14. The van der Waals surface area contributed by atoms with E-state index in [1.54, 1.807) is 6.20 Å². The van der Waals surface area contributed by atoms with Crippen LogP contribution in [0.1, 0.15) is 0 Å². The number of benzene rings is 3. The van der Waals surface area contributed by atoms with Gasteiger partial charge in [-0.2, -0.15) is 0 Å². The zero-order valence-corrected chi connectivity index (χ0v) is 27.2. The van der Waals surface area contributed by atoms with E-state index in [4.69, 9.17) is 8.83 Å². The molecule has 9 aromatic heterocycles. The first-order valence-electron chi connectivity index (χ1n) is 16.9. The van der Waals surface area contributed by atoms with Gasteiger partial charge in [-0.05, 0) is 54.1 Å². The van der Waals surface area contributed by atoms with Crippen molar-refractivity contribution < 1.29 is 8.83 Å². The number of furan rings is 2. The van der Waals surface area contributed by atoms with Crippen molar-refractivity contribution in [2.75, 3.05) is 0 Å². The van der Waals surface area contributed by atoms with Crippen molar-refractivity contribution >= 4 is 87.5 Å². The lowest BCUT2D eigenvalue weighted by atomic mass is 10.0. The Bertz CT molecular complexity index is 3390. The summed E-state index contributed by atoms with van der Waals surface area (Å²) in [5.41, 5.74) is 11.2. The minimum absolute atomic E-state index is 0.787. The summed E-state index contributed by atoms with van der Waals surface area (Å²) in [4.78, 5) is 22.3. The zero-order valence-electron chi connectivity index (χ0n) is 27.2. The number of fused-ring (bicyclic) bond motifs is 12. The molecule has 3 aromatic carbocycles. The summed E-state index contributed by atoms with van der Waals surface area (Å²) in [7, 11) is 0. The molecule has 242 valence electrons. The third kappa shape index (κ3) is 3.58. The lowest BCUT2D eigenvalue weighted by molar-refractivity contribution is 0.664. The summed E-state index contributed by atoms with van der Waals surface area (Å²) in [6.07, 6.45) is 18.5. The largest absolute Gasteiger partial charge is 0.455 e. The van der Waals surface area contributed by atoms with Crippen LogP contribution in [-0.2, 0) is 0 Å². The first kappa shape index (κ1) is 27.4. The van der Waals surface area contributed by atoms with Gasteiger partial charge < -0.3 is 18.0 Å². The lowest BCUT2D eigenvalue weighted by Crippen LogP contribution is -1.94. The number of pyridine rings is 5. The minimum atomic E-state index is 0.787. The summed E-state index contributed by atoms with van der Waals surface area (Å²) in [5.74, 6) is 0. The summed E-state index contributed by atoms with van der Waals surface area (Å²) >= 11 is 0. The topological polar surface area (TPSA) is 101 Å². The monoisotopic (exact) mass is 669 g/mol. The maximum Gasteiger partial charge on any atom is 0.159 e. The highest BCUT2D eigenvalue weighted by Gasteiger charge is 2.22. The Balaban J connectivity index is 1.11. The Kier molecular flexibility index (Phi) is 5.32. The molecule has 0 bridgehead atoms. The molecule has 12 aromatic rings. The Morgan fingerprint density at radius 3 is 1.56 bits per heavy atom. The van der Waals surface area contributed by atoms with Crippen molar-refractivity contribution in [2.24, 2.45) is 0 Å². The molecule has 12 rings (SSSR count). The molecule has 0 aliphatic carbocycles. The quantitative estimate of drug-likeness (QED) is 0.185. The van der Waals surface area contributed by atoms with Gasteiger partial charge in [-0.1, -0.05) is 30.3 Å². The van der Waals surface area contributed by atoms with Gasteiger partial charge in [0.1, 0.15) is 11.2 Å². The van der Waals surface area contributed by atoms with Crippen LogP contribution in [-0.4, -0.2) is 34.1 Å². The van der Waals surface area contributed by atoms with Gasteiger partial charge in [0.05, 0.1) is 33.4 Å². The van der Waals surface area contributed by atoms with E-state index in [1.165, 1.54) is 0 Å². The van der Waals surface area contributed by atoms with Crippen LogP contribution in [0.2, 0.25) is 0 Å². The number of nitrogens with zero attached hydrogens (tertiary/aromatic N) is 7. The molecule has 0 atom stereocenters. The fourth-order valence-electron chi connectivity index (χ4n) is 8.14. The second kappa shape index (κ2) is 10.1. The van der Waals surface area contributed by atoms with Gasteiger partial charge in [-0.3, -0.25) is 24.9 Å². The molecular weight excluding hydrogens is 647 g/mol. The van der Waals surface area contributed by atoms with Gasteiger partial charge in [0, 0.05) is 111 Å². The fraction of sp³-hybridized carbons (Fsp3) is 0. The van der Waals surface area contributed by atoms with E-state index >= 15 is 0 Å². The van der Waals surface area contributed by atoms with Crippen molar-refractivity contribution in [3.8, 4) is 22.5 Å². The van der Waals surface area contributed by atoms with Gasteiger partial charge >= 0.3 is 0 Å². The highest BCUT2D eigenvalue weighted by molar-refractivity contribution is 6.16. The molecule has 0 fully saturated rings. The van der Waals surface area contributed by atoms with Gasteiger partial charge in [0.2, 0.25) is 0 Å². The van der Waals surface area contributed by atoms with E-state index in [0.29, 0.717) is 0 Å². The van der Waals surface area contributed by atoms with Crippen LogP contribution in [0, 0.1) is 0 Å². The molecule has 9 nitrogen and oxygen atoms in total. The molecular formula is C43H23N7O2. The highest BCUT2D eigenvalue weighted by Crippen LogP contribution is 2.42. The molecule has 0 saturated carbocycles. The molecule has 0 saturated heterocycles. The standard InChI is InChI=1S/C43H23N7O2/c1-3-25-26-4-2-6-39(50-36-10-14-45-20-30(36)31-21-46-15-11-37(31)50)43(26)52-42(25)38(5-1)49-34-8-7-24(17-27(34)29-19-44-13-9-35(29)49)28-18-48-23-33-32-22-47-16-12-40(32)51-41(28)33/h1-23H. The van der Waals surface area contributed by atoms with Crippen molar-refractivity contribution in [3.63, 3.8) is 0 Å². The van der Waals surface area contributed by atoms with E-state index in [9.17, 15) is 0 Å². The molecule has 0 aliphatic rings. The maximum atomic E-state index is 7.01. The first-order valence-corrected chi connectivity index (χ1v) is 16.9. The van der Waals surface area contributed by atoms with Crippen molar-refractivity contribution in [3.05, 3.63) is 141 Å². The maximum absolute atomic E-state index is 7.01. The second-order valence-electron chi connectivity index (χ2n) is 13.0. The highest BCUT2D eigenvalue weighted by atomic mass is 16.3. The van der Waals surface area contributed by atoms with Crippen molar-refractivity contribution in [2.45, 2.75) is 0 Å². The van der Waals surface area contributed by atoms with Crippen molar-refractivity contribution in [1.82, 2.24) is 34.1 Å². The SMILES string of the molecule is c1cc(-n2c3ccncc3c3cnccc32)c2oc3c(-n4c5ccncc5c5cc(-c6cncc7c6oc6ccncc67)ccc54)cccc3c2c1. The predicted octanol–water partition coefficient (Wildman–Crippen LogP) is 10.3. The van der Waals surface area contributed by atoms with Gasteiger partial charge in [-0.15, -0.1) is 0 Å². The van der Waals surface area contributed by atoms with Crippen LogP contribution in [0.25, 0.3) is 110 Å². The van der Waals surface area contributed by atoms with E-state index in [2.05, 4.69) is 94.7 Å². The van der Waals surface area contributed by atoms with Gasteiger partial charge in [0.25, 0.3) is 0 Å². The smallest absolute Gasteiger partial charge is 0.159 e. The van der Waals surface area contributed by atoms with Crippen LogP contribution >= 0.6 is 0 Å². The van der Waals surface area contributed by atoms with E-state index in [-0.39, 0.29) is 0 Å². The molecule has 52 heavy (non-hydrogen) atoms. The number of hydrogen-bond donors (Lipinski definition) is 0. The summed E-state index contributed by atoms with van der Waals surface area (Å²) in [6.45, 7) is 0. The Labute approximate surface area is 293 Å². The van der Waals surface area contributed by atoms with Gasteiger partial charge in [-0.25, -0.2) is 0 Å². The molecule has 0 amide bonds. The second-order valence-corrected chi connectivity index (χ2v) is 13.0. The third-order valence-corrected chi connectivity index (χ3v) is 10.4. The molecule has 9 heteroatoms. The van der Waals surface area contributed by atoms with Gasteiger partial charge in [0.15, 0.2) is 11.2 Å². The Hall–Kier alpha value is -7.39. The minimum Gasteiger partial charge on any atom is -0.455 e. The van der Waals surface area contributed by atoms with E-state index in [0.717, 1.165) is 110 Å². The van der Waals surface area contributed by atoms with Crippen molar-refractivity contribution in [1.29, 1.82) is 0 Å². The predicted molar refractivity (Wildman–Crippen MR) is 204 cm³/mol. The van der Waals surface area contributed by atoms with Crippen LogP contribution in [0.3, 0.4) is 0 Å². The lowest BCUT2D eigenvalue weighted by Gasteiger charge is -2.09. The number of rotatable bonds is 3. The van der Waals surface area contributed by atoms with E-state index in [1.807, 2.05) is 74.0 Å². The van der Waals surface area contributed by atoms with Crippen LogP contribution in [0.4, 0.5) is 0 Å². The third-order valence-electron chi connectivity index (χ3n) is 10.4. The Morgan fingerprint density at radius 1 is 0.385 bits per heavy atom. The molecule has 9 heterocycles. The summed E-state index contributed by atoms with van der Waals surface area (Å²) in [6, 6.07) is 27.3. The Morgan fingerprint density at radius 2 is 0.923 bits per heavy atom. The molecule has 0 radical (unpaired) electrons. The molecule has 0 unspecified atom stereocenters. The number of aromatic nitrogens is 7. The molecule has 0 aliphatic heterocycles. The van der Waals surface area contributed by atoms with Crippen LogP contribution in [0.15, 0.2) is 150 Å². The van der Waals surface area contributed by atoms with Crippen LogP contribution in [0.5, 0.6) is 0 Å². The normalized spacial score (nSPS) is 12.2. The van der Waals surface area contributed by atoms with E-state index < -0.39 is 0 Å². The average Bonchev–Trinajstić information content (AvgIpc) is 3.95. The molecule has 0 N–H and O–H groups in total.